The van der Waals surface area contributed by atoms with Gasteiger partial charge in [0, 0.05) is 36.8 Å². The molecular formula is C22H35N5O. The molecule has 1 amide bonds. The molecule has 1 N–H and O–H groups in total. The van der Waals surface area contributed by atoms with Gasteiger partial charge in [0.15, 0.2) is 5.65 Å². The van der Waals surface area contributed by atoms with Crippen molar-refractivity contribution in [1.29, 1.82) is 0 Å². The molecule has 0 aromatic carbocycles. The van der Waals surface area contributed by atoms with Gasteiger partial charge in [-0.05, 0) is 39.2 Å². The first-order valence-corrected chi connectivity index (χ1v) is 10.7. The summed E-state index contributed by atoms with van der Waals surface area (Å²) in [5, 5.41) is 7.81. The average molecular weight is 386 g/mol. The van der Waals surface area contributed by atoms with E-state index in [1.165, 1.54) is 25.8 Å². The first kappa shape index (κ1) is 20.8. The van der Waals surface area contributed by atoms with Gasteiger partial charge in [-0.3, -0.25) is 4.79 Å². The normalized spacial score (nSPS) is 18.5. The van der Waals surface area contributed by atoms with Crippen molar-refractivity contribution in [2.24, 2.45) is 0 Å². The van der Waals surface area contributed by atoms with E-state index in [1.54, 1.807) is 6.20 Å². The molecule has 1 aliphatic heterocycles. The summed E-state index contributed by atoms with van der Waals surface area (Å²) in [5.41, 5.74) is 3.29. The van der Waals surface area contributed by atoms with Gasteiger partial charge in [-0.15, -0.1) is 0 Å². The molecule has 1 saturated heterocycles. The predicted molar refractivity (Wildman–Crippen MR) is 113 cm³/mol. The molecule has 0 aliphatic carbocycles. The first-order valence-electron chi connectivity index (χ1n) is 10.7. The summed E-state index contributed by atoms with van der Waals surface area (Å²) < 4.78 is 1.84. The zero-order valence-electron chi connectivity index (χ0n) is 18.1. The van der Waals surface area contributed by atoms with Gasteiger partial charge in [0.1, 0.15) is 0 Å². The van der Waals surface area contributed by atoms with Crippen molar-refractivity contribution in [3.05, 3.63) is 29.2 Å². The highest BCUT2D eigenvalue weighted by Gasteiger charge is 2.22. The summed E-state index contributed by atoms with van der Waals surface area (Å²) in [7, 11) is 0. The van der Waals surface area contributed by atoms with Crippen molar-refractivity contribution in [3.63, 3.8) is 0 Å². The van der Waals surface area contributed by atoms with Crippen LogP contribution in [0.4, 0.5) is 0 Å². The van der Waals surface area contributed by atoms with Crippen molar-refractivity contribution >= 4 is 11.6 Å². The van der Waals surface area contributed by atoms with Gasteiger partial charge in [-0.1, -0.05) is 34.1 Å². The van der Waals surface area contributed by atoms with Crippen LogP contribution in [-0.4, -0.2) is 51.1 Å². The highest BCUT2D eigenvalue weighted by atomic mass is 16.1. The lowest BCUT2D eigenvalue weighted by atomic mass is 9.93. The topological polar surface area (TPSA) is 62.5 Å². The summed E-state index contributed by atoms with van der Waals surface area (Å²) in [5.74, 6) is -0.0502. The molecule has 6 heteroatoms. The van der Waals surface area contributed by atoms with E-state index in [-0.39, 0.29) is 11.3 Å². The summed E-state index contributed by atoms with van der Waals surface area (Å²) in [6.07, 6.45) is 7.33. The maximum absolute atomic E-state index is 12.8. The van der Waals surface area contributed by atoms with Crippen LogP contribution in [0.1, 0.15) is 82.0 Å². The monoisotopic (exact) mass is 385 g/mol. The fourth-order valence-electron chi connectivity index (χ4n) is 3.95. The Morgan fingerprint density at radius 2 is 2.11 bits per heavy atom. The number of nitrogens with zero attached hydrogens (tertiary/aromatic N) is 4. The van der Waals surface area contributed by atoms with Crippen molar-refractivity contribution in [2.75, 3.05) is 19.6 Å². The summed E-state index contributed by atoms with van der Waals surface area (Å²) >= 11 is 0. The zero-order valence-corrected chi connectivity index (χ0v) is 18.1. The predicted octanol–water partition coefficient (Wildman–Crippen LogP) is 3.58. The van der Waals surface area contributed by atoms with Crippen LogP contribution < -0.4 is 5.32 Å². The lowest BCUT2D eigenvalue weighted by Crippen LogP contribution is -2.39. The van der Waals surface area contributed by atoms with Crippen LogP contribution in [0.25, 0.3) is 5.65 Å². The Balaban J connectivity index is 1.65. The molecule has 1 atom stereocenters. The fraction of sp³-hybridized carbons (Fsp3) is 0.682. The molecule has 1 fully saturated rings. The van der Waals surface area contributed by atoms with Gasteiger partial charge >= 0.3 is 0 Å². The van der Waals surface area contributed by atoms with Gasteiger partial charge in [-0.2, -0.15) is 5.10 Å². The van der Waals surface area contributed by atoms with Crippen molar-refractivity contribution in [3.8, 4) is 0 Å². The highest BCUT2D eigenvalue weighted by Crippen LogP contribution is 2.23. The van der Waals surface area contributed by atoms with Gasteiger partial charge in [-0.25, -0.2) is 9.50 Å². The van der Waals surface area contributed by atoms with Gasteiger partial charge in [0.2, 0.25) is 0 Å². The molecule has 2 aromatic rings. The summed E-state index contributed by atoms with van der Waals surface area (Å²) in [4.78, 5) is 19.8. The lowest BCUT2D eigenvalue weighted by Gasteiger charge is -2.33. The van der Waals surface area contributed by atoms with Gasteiger partial charge in [0.05, 0.1) is 17.0 Å². The third kappa shape index (κ3) is 4.54. The number of amides is 1. The Labute approximate surface area is 168 Å². The minimum absolute atomic E-state index is 0.0489. The molecular weight excluding hydrogens is 350 g/mol. The second-order valence-corrected chi connectivity index (χ2v) is 9.01. The number of aryl methyl sites for hydroxylation is 1. The van der Waals surface area contributed by atoms with E-state index < -0.39 is 0 Å². The minimum atomic E-state index is -0.0502. The van der Waals surface area contributed by atoms with Crippen LogP contribution in [-0.2, 0) is 11.8 Å². The largest absolute Gasteiger partial charge is 0.352 e. The second-order valence-electron chi connectivity index (χ2n) is 9.01. The molecule has 0 spiro atoms. The van der Waals surface area contributed by atoms with Crippen LogP contribution in [0, 0.1) is 0 Å². The molecule has 0 unspecified atom stereocenters. The van der Waals surface area contributed by atoms with Gasteiger partial charge in [0.25, 0.3) is 5.91 Å². The Hall–Kier alpha value is -1.95. The number of carbonyl (C=O) groups is 1. The van der Waals surface area contributed by atoms with Crippen LogP contribution in [0.2, 0.25) is 0 Å². The standard InChI is InChI=1S/C22H35N5O/c1-6-18-17(15-24-20-14-19(22(3,4)5)25-27(18)20)21(28)23-11-9-13-26-12-8-7-10-16(26)2/h14-16H,6-13H2,1-5H3,(H,23,28)/t16-/m0/s1. The number of nitrogens with one attached hydrogen (secondary N) is 1. The van der Waals surface area contributed by atoms with E-state index in [0.29, 0.717) is 18.2 Å². The molecule has 28 heavy (non-hydrogen) atoms. The van der Waals surface area contributed by atoms with E-state index >= 15 is 0 Å². The smallest absolute Gasteiger partial charge is 0.254 e. The Kier molecular flexibility index (Phi) is 6.38. The Morgan fingerprint density at radius 1 is 1.32 bits per heavy atom. The number of carbonyl (C=O) groups excluding carboxylic acids is 1. The number of hydrogen-bond donors (Lipinski definition) is 1. The zero-order chi connectivity index (χ0) is 20.3. The SMILES string of the molecule is CCc1c(C(=O)NCCCN2CCCC[C@@H]2C)cnc2cc(C(C)(C)C)nn12. The number of rotatable bonds is 6. The number of likely N-dealkylation sites (tertiary alicyclic amines) is 1. The third-order valence-corrected chi connectivity index (χ3v) is 5.78. The van der Waals surface area contributed by atoms with Crippen LogP contribution in [0.3, 0.4) is 0 Å². The molecule has 154 valence electrons. The minimum Gasteiger partial charge on any atom is -0.352 e. The molecule has 1 aliphatic rings. The molecule has 0 bridgehead atoms. The second kappa shape index (κ2) is 8.60. The number of fused-ring (bicyclic) bond motifs is 1. The molecule has 0 saturated carbocycles. The van der Waals surface area contributed by atoms with Gasteiger partial charge < -0.3 is 10.2 Å². The lowest BCUT2D eigenvalue weighted by molar-refractivity contribution is 0.0947. The van der Waals surface area contributed by atoms with E-state index in [1.807, 2.05) is 10.6 Å². The van der Waals surface area contributed by atoms with E-state index in [2.05, 4.69) is 49.8 Å². The molecule has 3 rings (SSSR count). The summed E-state index contributed by atoms with van der Waals surface area (Å²) in [6, 6.07) is 2.68. The van der Waals surface area contributed by atoms with Crippen molar-refractivity contribution in [2.45, 2.75) is 78.2 Å². The van der Waals surface area contributed by atoms with Crippen molar-refractivity contribution < 1.29 is 4.79 Å². The summed E-state index contributed by atoms with van der Waals surface area (Å²) in [6.45, 7) is 13.7. The van der Waals surface area contributed by atoms with E-state index in [4.69, 9.17) is 5.10 Å². The number of aromatic nitrogens is 3. The maximum Gasteiger partial charge on any atom is 0.254 e. The van der Waals surface area contributed by atoms with Crippen LogP contribution in [0.15, 0.2) is 12.3 Å². The van der Waals surface area contributed by atoms with Crippen LogP contribution >= 0.6 is 0 Å². The highest BCUT2D eigenvalue weighted by molar-refractivity contribution is 5.95. The molecule has 2 aromatic heterocycles. The van der Waals surface area contributed by atoms with Crippen molar-refractivity contribution in [1.82, 2.24) is 24.8 Å². The maximum atomic E-state index is 12.8. The fourth-order valence-corrected chi connectivity index (χ4v) is 3.95. The number of hydrogen-bond acceptors (Lipinski definition) is 4. The average Bonchev–Trinajstić information content (AvgIpc) is 3.10. The Bertz CT molecular complexity index is 820. The quantitative estimate of drug-likeness (QED) is 0.772. The third-order valence-electron chi connectivity index (χ3n) is 5.78. The van der Waals surface area contributed by atoms with Crippen LogP contribution in [0.5, 0.6) is 0 Å². The first-order chi connectivity index (χ1) is 13.3. The number of piperidine rings is 1. The molecule has 6 nitrogen and oxygen atoms in total. The Morgan fingerprint density at radius 3 is 2.79 bits per heavy atom. The molecule has 3 heterocycles. The molecule has 0 radical (unpaired) electrons. The van der Waals surface area contributed by atoms with E-state index in [0.717, 1.165) is 36.4 Å². The van der Waals surface area contributed by atoms with E-state index in [9.17, 15) is 4.79 Å².